The molecule has 3 amide bonds. The van der Waals surface area contributed by atoms with E-state index in [1.807, 2.05) is 6.92 Å². The summed E-state index contributed by atoms with van der Waals surface area (Å²) < 4.78 is 13.7. The van der Waals surface area contributed by atoms with Crippen LogP contribution in [0.3, 0.4) is 0 Å². The summed E-state index contributed by atoms with van der Waals surface area (Å²) in [7, 11) is 0. The van der Waals surface area contributed by atoms with Crippen molar-refractivity contribution >= 4 is 22.8 Å². The summed E-state index contributed by atoms with van der Waals surface area (Å²) in [5, 5.41) is 3.31. The maximum atomic E-state index is 13.7. The topological polar surface area (TPSA) is 62.3 Å². The van der Waals surface area contributed by atoms with Gasteiger partial charge in [-0.15, -0.1) is 0 Å². The van der Waals surface area contributed by atoms with Crippen molar-refractivity contribution in [3.8, 4) is 0 Å². The number of hydrogen-bond donors (Lipinski definition) is 1. The molecule has 1 fully saturated rings. The van der Waals surface area contributed by atoms with Crippen LogP contribution in [0.2, 0.25) is 0 Å². The van der Waals surface area contributed by atoms with Crippen LogP contribution in [0.15, 0.2) is 30.5 Å². The van der Waals surface area contributed by atoms with E-state index in [2.05, 4.69) is 10.3 Å². The predicted octanol–water partition coefficient (Wildman–Crippen LogP) is 2.59. The van der Waals surface area contributed by atoms with Gasteiger partial charge < -0.3 is 5.32 Å². The summed E-state index contributed by atoms with van der Waals surface area (Å²) in [6, 6.07) is 5.26. The fraction of sp³-hybridized carbons (Fsp3) is 0.312. The van der Waals surface area contributed by atoms with Gasteiger partial charge in [-0.05, 0) is 24.6 Å². The Kier molecular flexibility index (Phi) is 3.75. The number of carbonyl (C=O) groups is 2. The number of aromatic nitrogens is 1. The minimum atomic E-state index is -0.481. The number of halogens is 1. The number of fused-ring (bicyclic) bond motifs is 1. The van der Waals surface area contributed by atoms with Gasteiger partial charge in [-0.1, -0.05) is 19.4 Å². The lowest BCUT2D eigenvalue weighted by Gasteiger charge is -2.14. The first-order valence-electron chi connectivity index (χ1n) is 7.25. The van der Waals surface area contributed by atoms with Crippen LogP contribution in [0.1, 0.15) is 25.3 Å². The van der Waals surface area contributed by atoms with Crippen molar-refractivity contribution < 1.29 is 14.0 Å². The monoisotopic (exact) mass is 301 g/mol. The maximum absolute atomic E-state index is 13.7. The minimum absolute atomic E-state index is 0.0240. The van der Waals surface area contributed by atoms with E-state index in [4.69, 9.17) is 0 Å². The van der Waals surface area contributed by atoms with Gasteiger partial charge in [0.05, 0.1) is 12.1 Å². The van der Waals surface area contributed by atoms with E-state index in [1.165, 1.54) is 12.1 Å². The van der Waals surface area contributed by atoms with Crippen molar-refractivity contribution in [1.29, 1.82) is 0 Å². The highest BCUT2D eigenvalue weighted by Gasteiger charge is 2.37. The second kappa shape index (κ2) is 5.71. The molecule has 0 unspecified atom stereocenters. The van der Waals surface area contributed by atoms with E-state index < -0.39 is 17.9 Å². The molecule has 1 aliphatic rings. The highest BCUT2D eigenvalue weighted by Crippen LogP contribution is 2.22. The SMILES string of the molecule is CCC[C@H]1NC(=O)N(Cc2cc(F)cc3cccnc23)C1=O. The molecule has 6 heteroatoms. The number of urea groups is 1. The van der Waals surface area contributed by atoms with E-state index in [1.54, 1.807) is 18.3 Å². The first kappa shape index (κ1) is 14.4. The molecule has 1 N–H and O–H groups in total. The molecule has 1 aliphatic heterocycles. The molecule has 0 bridgehead atoms. The lowest BCUT2D eigenvalue weighted by atomic mass is 10.1. The first-order valence-corrected chi connectivity index (χ1v) is 7.25. The number of nitrogens with one attached hydrogen (secondary N) is 1. The van der Waals surface area contributed by atoms with Gasteiger partial charge in [0.25, 0.3) is 5.91 Å². The number of pyridine rings is 1. The normalized spacial score (nSPS) is 18.1. The number of rotatable bonds is 4. The summed E-state index contributed by atoms with van der Waals surface area (Å²) >= 11 is 0. The van der Waals surface area contributed by atoms with Crippen LogP contribution in [0, 0.1) is 5.82 Å². The van der Waals surface area contributed by atoms with Gasteiger partial charge >= 0.3 is 6.03 Å². The van der Waals surface area contributed by atoms with Crippen molar-refractivity contribution in [3.05, 3.63) is 41.8 Å². The zero-order valence-electron chi connectivity index (χ0n) is 12.2. The summed E-state index contributed by atoms with van der Waals surface area (Å²) in [5.41, 5.74) is 1.12. The molecule has 114 valence electrons. The second-order valence-corrected chi connectivity index (χ2v) is 5.36. The van der Waals surface area contributed by atoms with E-state index in [9.17, 15) is 14.0 Å². The van der Waals surface area contributed by atoms with Gasteiger partial charge in [-0.25, -0.2) is 9.18 Å². The Morgan fingerprint density at radius 2 is 2.18 bits per heavy atom. The molecular weight excluding hydrogens is 285 g/mol. The first-order chi connectivity index (χ1) is 10.6. The lowest BCUT2D eigenvalue weighted by Crippen LogP contribution is -2.31. The quantitative estimate of drug-likeness (QED) is 0.883. The number of carbonyl (C=O) groups excluding carboxylic acids is 2. The average Bonchev–Trinajstić information content (AvgIpc) is 2.75. The Hall–Kier alpha value is -2.50. The standard InChI is InChI=1S/C16H16FN3O2/c1-2-4-13-15(21)20(16(22)19-13)9-11-8-12(17)7-10-5-3-6-18-14(10)11/h3,5-8,13H,2,4,9H2,1H3,(H,19,22)/t13-/m1/s1. The molecule has 1 aromatic heterocycles. The Bertz CT molecular complexity index is 747. The van der Waals surface area contributed by atoms with Crippen LogP contribution in [0.25, 0.3) is 10.9 Å². The second-order valence-electron chi connectivity index (χ2n) is 5.36. The van der Waals surface area contributed by atoms with Gasteiger partial charge in [0.2, 0.25) is 0 Å². The molecule has 2 heterocycles. The molecule has 3 rings (SSSR count). The molecule has 0 spiro atoms. The number of amides is 3. The number of nitrogens with zero attached hydrogens (tertiary/aromatic N) is 2. The van der Waals surface area contributed by atoms with Crippen LogP contribution < -0.4 is 5.32 Å². The van der Waals surface area contributed by atoms with Crippen LogP contribution in [0.5, 0.6) is 0 Å². The Morgan fingerprint density at radius 1 is 1.36 bits per heavy atom. The summed E-state index contributed by atoms with van der Waals surface area (Å²) in [5.74, 6) is -0.673. The van der Waals surface area contributed by atoms with Crippen molar-refractivity contribution in [3.63, 3.8) is 0 Å². The van der Waals surface area contributed by atoms with Crippen LogP contribution in [-0.4, -0.2) is 27.9 Å². The van der Waals surface area contributed by atoms with Crippen molar-refractivity contribution in [2.75, 3.05) is 0 Å². The maximum Gasteiger partial charge on any atom is 0.325 e. The highest BCUT2D eigenvalue weighted by atomic mass is 19.1. The van der Waals surface area contributed by atoms with E-state index in [0.717, 1.165) is 11.3 Å². The van der Waals surface area contributed by atoms with E-state index in [0.29, 0.717) is 22.9 Å². The molecule has 5 nitrogen and oxygen atoms in total. The molecule has 1 atom stereocenters. The average molecular weight is 301 g/mol. The summed E-state index contributed by atoms with van der Waals surface area (Å²) in [6.45, 7) is 1.97. The zero-order valence-corrected chi connectivity index (χ0v) is 12.2. The van der Waals surface area contributed by atoms with Gasteiger partial charge in [-0.3, -0.25) is 14.7 Å². The third kappa shape index (κ3) is 2.52. The summed E-state index contributed by atoms with van der Waals surface area (Å²) in [6.07, 6.45) is 3.01. The third-order valence-electron chi connectivity index (χ3n) is 3.76. The molecule has 0 aliphatic carbocycles. The molecule has 1 saturated heterocycles. The molecule has 22 heavy (non-hydrogen) atoms. The van der Waals surface area contributed by atoms with Gasteiger partial charge in [-0.2, -0.15) is 0 Å². The van der Waals surface area contributed by atoms with Gasteiger partial charge in [0.1, 0.15) is 11.9 Å². The molecule has 1 aromatic carbocycles. The fourth-order valence-corrected chi connectivity index (χ4v) is 2.73. The van der Waals surface area contributed by atoms with Crippen LogP contribution >= 0.6 is 0 Å². The Labute approximate surface area is 127 Å². The number of hydrogen-bond acceptors (Lipinski definition) is 3. The Balaban J connectivity index is 1.93. The van der Waals surface area contributed by atoms with Crippen LogP contribution in [-0.2, 0) is 11.3 Å². The lowest BCUT2D eigenvalue weighted by molar-refractivity contribution is -0.128. The smallest absolute Gasteiger partial charge is 0.325 e. The molecule has 0 saturated carbocycles. The van der Waals surface area contributed by atoms with Crippen molar-refractivity contribution in [1.82, 2.24) is 15.2 Å². The minimum Gasteiger partial charge on any atom is -0.326 e. The van der Waals surface area contributed by atoms with E-state index in [-0.39, 0.29) is 12.5 Å². The third-order valence-corrected chi connectivity index (χ3v) is 3.76. The molecule has 2 aromatic rings. The largest absolute Gasteiger partial charge is 0.326 e. The predicted molar refractivity (Wildman–Crippen MR) is 79.5 cm³/mol. The van der Waals surface area contributed by atoms with Gasteiger partial charge in [0.15, 0.2) is 0 Å². The van der Waals surface area contributed by atoms with E-state index >= 15 is 0 Å². The van der Waals surface area contributed by atoms with Crippen molar-refractivity contribution in [2.45, 2.75) is 32.4 Å². The fourth-order valence-electron chi connectivity index (χ4n) is 2.73. The molecular formula is C16H16FN3O2. The number of imide groups is 1. The van der Waals surface area contributed by atoms with Crippen LogP contribution in [0.4, 0.5) is 9.18 Å². The highest BCUT2D eigenvalue weighted by molar-refractivity contribution is 6.04. The number of benzene rings is 1. The zero-order chi connectivity index (χ0) is 15.7. The van der Waals surface area contributed by atoms with Gasteiger partial charge in [0, 0.05) is 17.1 Å². The Morgan fingerprint density at radius 3 is 2.95 bits per heavy atom. The molecule has 0 radical (unpaired) electrons. The van der Waals surface area contributed by atoms with Crippen molar-refractivity contribution in [2.24, 2.45) is 0 Å². The summed E-state index contributed by atoms with van der Waals surface area (Å²) in [4.78, 5) is 29.6.